The van der Waals surface area contributed by atoms with Gasteiger partial charge in [-0.05, 0) is 58.6 Å². The molecule has 0 saturated carbocycles. The van der Waals surface area contributed by atoms with Gasteiger partial charge in [-0.3, -0.25) is 14.0 Å². The Bertz CT molecular complexity index is 1280. The molecule has 0 radical (unpaired) electrons. The number of benzene rings is 1. The molecule has 1 atom stereocenters. The summed E-state index contributed by atoms with van der Waals surface area (Å²) in [5.74, 6) is -2.47. The highest BCUT2D eigenvalue weighted by Crippen LogP contribution is 2.41. The molecule has 3 aromatic rings. The fourth-order valence-corrected chi connectivity index (χ4v) is 4.42. The molecule has 4 rings (SSSR count). The number of Topliss-reactive ketones (excluding diaryl/α,β-unsaturated/α-hetero) is 1. The zero-order chi connectivity index (χ0) is 23.9. The molecule has 0 bridgehead atoms. The van der Waals surface area contributed by atoms with Crippen molar-refractivity contribution in [2.24, 2.45) is 0 Å². The summed E-state index contributed by atoms with van der Waals surface area (Å²) in [6.07, 6.45) is 2.33. The van der Waals surface area contributed by atoms with E-state index in [0.717, 1.165) is 5.56 Å². The SMILES string of the molecule is Cc1nc2c(C)cccn2c1/C(O)=C1\C(=O)C(=O)N(CCCN(C)C)[C@H]1c1ccccc1F. The van der Waals surface area contributed by atoms with Gasteiger partial charge in [0.15, 0.2) is 5.76 Å². The highest BCUT2D eigenvalue weighted by Gasteiger charge is 2.47. The van der Waals surface area contributed by atoms with Crippen molar-refractivity contribution in [3.05, 3.63) is 76.5 Å². The van der Waals surface area contributed by atoms with E-state index in [2.05, 4.69) is 4.98 Å². The summed E-state index contributed by atoms with van der Waals surface area (Å²) in [6, 6.07) is 8.73. The number of likely N-dealkylation sites (tertiary alicyclic amines) is 1. The van der Waals surface area contributed by atoms with Gasteiger partial charge in [0.2, 0.25) is 0 Å². The number of fused-ring (bicyclic) bond motifs is 1. The zero-order valence-corrected chi connectivity index (χ0v) is 19.2. The fraction of sp³-hybridized carbons (Fsp3) is 0.320. The Labute approximate surface area is 191 Å². The molecule has 7 nitrogen and oxygen atoms in total. The average Bonchev–Trinajstić information content (AvgIpc) is 3.23. The number of carbonyl (C=O) groups is 2. The second-order valence-electron chi connectivity index (χ2n) is 8.60. The van der Waals surface area contributed by atoms with Crippen LogP contribution in [0, 0.1) is 19.7 Å². The molecule has 0 spiro atoms. The summed E-state index contributed by atoms with van der Waals surface area (Å²) in [6.45, 7) is 4.57. The Morgan fingerprint density at radius 3 is 2.58 bits per heavy atom. The third kappa shape index (κ3) is 3.91. The van der Waals surface area contributed by atoms with Gasteiger partial charge in [-0.25, -0.2) is 9.37 Å². The average molecular weight is 451 g/mol. The molecule has 0 unspecified atom stereocenters. The number of rotatable bonds is 6. The Balaban J connectivity index is 1.92. The predicted molar refractivity (Wildman–Crippen MR) is 123 cm³/mol. The Morgan fingerprint density at radius 2 is 1.88 bits per heavy atom. The molecule has 0 aliphatic carbocycles. The van der Waals surface area contributed by atoms with E-state index in [4.69, 9.17) is 0 Å². The number of nitrogens with zero attached hydrogens (tertiary/aromatic N) is 4. The van der Waals surface area contributed by atoms with Crippen molar-refractivity contribution < 1.29 is 19.1 Å². The summed E-state index contributed by atoms with van der Waals surface area (Å²) in [5.41, 5.74) is 2.41. The van der Waals surface area contributed by atoms with Gasteiger partial charge in [-0.15, -0.1) is 0 Å². The summed E-state index contributed by atoms with van der Waals surface area (Å²) in [5, 5.41) is 11.4. The van der Waals surface area contributed by atoms with E-state index >= 15 is 0 Å². The maximum Gasteiger partial charge on any atom is 0.295 e. The molecule has 1 fully saturated rings. The number of imidazole rings is 1. The number of hydrogen-bond acceptors (Lipinski definition) is 5. The Morgan fingerprint density at radius 1 is 1.15 bits per heavy atom. The van der Waals surface area contributed by atoms with Gasteiger partial charge in [0.05, 0.1) is 17.3 Å². The molecule has 8 heteroatoms. The summed E-state index contributed by atoms with van der Waals surface area (Å²) < 4.78 is 16.6. The minimum Gasteiger partial charge on any atom is -0.505 e. The zero-order valence-electron chi connectivity index (χ0n) is 19.2. The number of hydrogen-bond donors (Lipinski definition) is 1. The minimum absolute atomic E-state index is 0.124. The van der Waals surface area contributed by atoms with E-state index < -0.39 is 23.5 Å². The highest BCUT2D eigenvalue weighted by molar-refractivity contribution is 6.46. The molecule has 1 saturated heterocycles. The van der Waals surface area contributed by atoms with Crippen molar-refractivity contribution in [1.82, 2.24) is 19.2 Å². The molecule has 1 N–H and O–H groups in total. The van der Waals surface area contributed by atoms with Crippen LogP contribution in [0.1, 0.15) is 35.0 Å². The number of aromatic nitrogens is 2. The summed E-state index contributed by atoms with van der Waals surface area (Å²) >= 11 is 0. The van der Waals surface area contributed by atoms with Crippen molar-refractivity contribution in [2.75, 3.05) is 27.2 Å². The second kappa shape index (κ2) is 8.78. The number of aliphatic hydroxyl groups excluding tert-OH is 1. The number of ketones is 1. The molecule has 172 valence electrons. The first-order valence-electron chi connectivity index (χ1n) is 10.8. The lowest BCUT2D eigenvalue weighted by Crippen LogP contribution is -2.32. The van der Waals surface area contributed by atoms with Crippen LogP contribution in [0.25, 0.3) is 11.4 Å². The standard InChI is InChI=1S/C25H27FN4O3/c1-15-9-7-13-29-20(16(2)27-24(15)29)22(31)19-21(17-10-5-6-11-18(17)26)30(25(33)23(19)32)14-8-12-28(3)4/h5-7,9-11,13,21,31H,8,12,14H2,1-4H3/b22-19+/t21-/m0/s1. The number of amides is 1. The normalized spacial score (nSPS) is 18.1. The van der Waals surface area contributed by atoms with E-state index in [1.165, 1.54) is 11.0 Å². The molecule has 33 heavy (non-hydrogen) atoms. The van der Waals surface area contributed by atoms with E-state index in [1.807, 2.05) is 38.1 Å². The van der Waals surface area contributed by atoms with Gasteiger partial charge in [-0.1, -0.05) is 24.3 Å². The van der Waals surface area contributed by atoms with Gasteiger partial charge in [0.1, 0.15) is 17.2 Å². The van der Waals surface area contributed by atoms with Crippen LogP contribution in [0.4, 0.5) is 4.39 Å². The van der Waals surface area contributed by atoms with Gasteiger partial charge in [0.25, 0.3) is 11.7 Å². The molecule has 3 heterocycles. The van der Waals surface area contributed by atoms with Crippen molar-refractivity contribution in [1.29, 1.82) is 0 Å². The number of halogens is 1. The maximum absolute atomic E-state index is 14.9. The van der Waals surface area contributed by atoms with Crippen LogP contribution >= 0.6 is 0 Å². The summed E-state index contributed by atoms with van der Waals surface area (Å²) in [7, 11) is 3.83. The molecular formula is C25H27FN4O3. The molecule has 1 aromatic carbocycles. The lowest BCUT2D eigenvalue weighted by Gasteiger charge is -2.26. The smallest absolute Gasteiger partial charge is 0.295 e. The third-order valence-corrected chi connectivity index (χ3v) is 5.99. The lowest BCUT2D eigenvalue weighted by molar-refractivity contribution is -0.140. The van der Waals surface area contributed by atoms with Crippen molar-refractivity contribution in [2.45, 2.75) is 26.3 Å². The van der Waals surface area contributed by atoms with Gasteiger partial charge in [-0.2, -0.15) is 0 Å². The van der Waals surface area contributed by atoms with Crippen molar-refractivity contribution in [3.63, 3.8) is 0 Å². The molecular weight excluding hydrogens is 423 g/mol. The second-order valence-corrected chi connectivity index (χ2v) is 8.60. The van der Waals surface area contributed by atoms with Crippen LogP contribution in [0.2, 0.25) is 0 Å². The fourth-order valence-electron chi connectivity index (χ4n) is 4.42. The van der Waals surface area contributed by atoms with Gasteiger partial charge < -0.3 is 14.9 Å². The molecule has 2 aromatic heterocycles. The van der Waals surface area contributed by atoms with Crippen LogP contribution in [0.3, 0.4) is 0 Å². The quantitative estimate of drug-likeness (QED) is 0.354. The van der Waals surface area contributed by atoms with Gasteiger partial charge >= 0.3 is 0 Å². The monoisotopic (exact) mass is 450 g/mol. The highest BCUT2D eigenvalue weighted by atomic mass is 19.1. The van der Waals surface area contributed by atoms with E-state index in [0.29, 0.717) is 30.0 Å². The third-order valence-electron chi connectivity index (χ3n) is 5.99. The maximum atomic E-state index is 14.9. The first-order chi connectivity index (χ1) is 15.7. The first kappa shape index (κ1) is 22.7. The van der Waals surface area contributed by atoms with Crippen LogP contribution in [-0.4, -0.2) is 63.2 Å². The van der Waals surface area contributed by atoms with Crippen LogP contribution < -0.4 is 0 Å². The molecule has 1 aliphatic rings. The Kier molecular flexibility index (Phi) is 6.03. The number of aliphatic hydroxyl groups is 1. The van der Waals surface area contributed by atoms with Crippen LogP contribution in [0.15, 0.2) is 48.2 Å². The Hall–Kier alpha value is -3.52. The van der Waals surface area contributed by atoms with Crippen molar-refractivity contribution in [3.8, 4) is 0 Å². The number of carbonyl (C=O) groups excluding carboxylic acids is 2. The van der Waals surface area contributed by atoms with Crippen LogP contribution in [0.5, 0.6) is 0 Å². The van der Waals surface area contributed by atoms with E-state index in [9.17, 15) is 19.1 Å². The topological polar surface area (TPSA) is 78.1 Å². The van der Waals surface area contributed by atoms with Crippen LogP contribution in [-0.2, 0) is 9.59 Å². The van der Waals surface area contributed by atoms with E-state index in [-0.39, 0.29) is 23.4 Å². The number of aryl methyl sites for hydroxylation is 2. The summed E-state index contributed by atoms with van der Waals surface area (Å²) in [4.78, 5) is 34.1. The van der Waals surface area contributed by atoms with E-state index in [1.54, 1.807) is 35.7 Å². The number of pyridine rings is 1. The van der Waals surface area contributed by atoms with Crippen molar-refractivity contribution >= 4 is 23.1 Å². The first-order valence-corrected chi connectivity index (χ1v) is 10.8. The van der Waals surface area contributed by atoms with Gasteiger partial charge in [0, 0.05) is 18.3 Å². The lowest BCUT2D eigenvalue weighted by atomic mass is 9.95. The molecule has 1 aliphatic heterocycles. The molecule has 1 amide bonds. The minimum atomic E-state index is -1.02. The largest absolute Gasteiger partial charge is 0.505 e. The predicted octanol–water partition coefficient (Wildman–Crippen LogP) is 3.46.